The summed E-state index contributed by atoms with van der Waals surface area (Å²) in [5, 5.41) is 5.59. The molecule has 2 rings (SSSR count). The fraction of sp³-hybridized carbons (Fsp3) is 0.176. The Bertz CT molecular complexity index is 657. The standard InChI is InChI=1S/C17H19N3O3/c1-12(13-5-3-2-4-6-13)19-17(22)20-14-7-9-15(10-8-14)23-11-16(18)21/h2-10,12H,11H2,1H3,(H2,18,21)(H2,19,20,22). The van der Waals surface area contributed by atoms with E-state index in [0.717, 1.165) is 5.56 Å². The summed E-state index contributed by atoms with van der Waals surface area (Å²) >= 11 is 0. The highest BCUT2D eigenvalue weighted by Gasteiger charge is 2.09. The monoisotopic (exact) mass is 313 g/mol. The number of urea groups is 1. The number of anilines is 1. The smallest absolute Gasteiger partial charge is 0.319 e. The lowest BCUT2D eigenvalue weighted by Gasteiger charge is -2.15. The van der Waals surface area contributed by atoms with Crippen LogP contribution in [0.5, 0.6) is 5.75 Å². The van der Waals surface area contributed by atoms with Crippen LogP contribution in [0.15, 0.2) is 54.6 Å². The maximum Gasteiger partial charge on any atom is 0.319 e. The van der Waals surface area contributed by atoms with Gasteiger partial charge in [-0.25, -0.2) is 4.79 Å². The lowest BCUT2D eigenvalue weighted by Crippen LogP contribution is -2.31. The van der Waals surface area contributed by atoms with E-state index in [-0.39, 0.29) is 18.7 Å². The number of nitrogens with one attached hydrogen (secondary N) is 2. The van der Waals surface area contributed by atoms with Crippen molar-refractivity contribution in [3.8, 4) is 5.75 Å². The third kappa shape index (κ3) is 5.35. The Morgan fingerprint density at radius 1 is 1.09 bits per heavy atom. The molecule has 0 fully saturated rings. The second kappa shape index (κ2) is 7.84. The number of ether oxygens (including phenoxy) is 1. The molecule has 23 heavy (non-hydrogen) atoms. The van der Waals surface area contributed by atoms with Gasteiger partial charge < -0.3 is 21.1 Å². The SMILES string of the molecule is CC(NC(=O)Nc1ccc(OCC(N)=O)cc1)c1ccccc1. The van der Waals surface area contributed by atoms with E-state index in [0.29, 0.717) is 11.4 Å². The highest BCUT2D eigenvalue weighted by molar-refractivity contribution is 5.89. The van der Waals surface area contributed by atoms with E-state index >= 15 is 0 Å². The largest absolute Gasteiger partial charge is 0.484 e. The predicted molar refractivity (Wildman–Crippen MR) is 88.1 cm³/mol. The molecule has 0 saturated carbocycles. The first-order chi connectivity index (χ1) is 11.0. The number of nitrogens with two attached hydrogens (primary N) is 1. The summed E-state index contributed by atoms with van der Waals surface area (Å²) in [4.78, 5) is 22.6. The molecule has 1 unspecified atom stereocenters. The molecule has 2 aromatic rings. The normalized spacial score (nSPS) is 11.3. The zero-order chi connectivity index (χ0) is 16.7. The van der Waals surface area contributed by atoms with Crippen LogP contribution in [0, 0.1) is 0 Å². The van der Waals surface area contributed by atoms with Crippen molar-refractivity contribution in [1.29, 1.82) is 0 Å². The van der Waals surface area contributed by atoms with Gasteiger partial charge in [-0.3, -0.25) is 4.79 Å². The van der Waals surface area contributed by atoms with Gasteiger partial charge in [0.1, 0.15) is 5.75 Å². The third-order valence-electron chi connectivity index (χ3n) is 3.14. The van der Waals surface area contributed by atoms with Gasteiger partial charge in [0.25, 0.3) is 5.91 Å². The molecule has 120 valence electrons. The molecule has 4 N–H and O–H groups in total. The zero-order valence-corrected chi connectivity index (χ0v) is 12.8. The summed E-state index contributed by atoms with van der Waals surface area (Å²) in [5.74, 6) is -0.0334. The van der Waals surface area contributed by atoms with E-state index in [2.05, 4.69) is 10.6 Å². The van der Waals surface area contributed by atoms with E-state index in [1.807, 2.05) is 37.3 Å². The molecule has 0 spiro atoms. The van der Waals surface area contributed by atoms with Crippen molar-refractivity contribution < 1.29 is 14.3 Å². The van der Waals surface area contributed by atoms with Gasteiger partial charge in [0.2, 0.25) is 0 Å². The van der Waals surface area contributed by atoms with Crippen molar-refractivity contribution in [2.75, 3.05) is 11.9 Å². The van der Waals surface area contributed by atoms with Crippen LogP contribution in [0.3, 0.4) is 0 Å². The van der Waals surface area contributed by atoms with Crippen molar-refractivity contribution in [1.82, 2.24) is 5.32 Å². The number of hydrogen-bond acceptors (Lipinski definition) is 3. The lowest BCUT2D eigenvalue weighted by atomic mass is 10.1. The third-order valence-corrected chi connectivity index (χ3v) is 3.14. The second-order valence-corrected chi connectivity index (χ2v) is 5.01. The first-order valence-electron chi connectivity index (χ1n) is 7.18. The fourth-order valence-corrected chi connectivity index (χ4v) is 1.98. The van der Waals surface area contributed by atoms with Crippen LogP contribution in [0.1, 0.15) is 18.5 Å². The topological polar surface area (TPSA) is 93.4 Å². The molecule has 0 heterocycles. The Morgan fingerprint density at radius 3 is 2.35 bits per heavy atom. The fourth-order valence-electron chi connectivity index (χ4n) is 1.98. The van der Waals surface area contributed by atoms with E-state index in [1.54, 1.807) is 24.3 Å². The number of primary amides is 1. The highest BCUT2D eigenvalue weighted by atomic mass is 16.5. The number of benzene rings is 2. The van der Waals surface area contributed by atoms with Gasteiger partial charge >= 0.3 is 6.03 Å². The van der Waals surface area contributed by atoms with Gasteiger partial charge in [-0.15, -0.1) is 0 Å². The molecule has 3 amide bonds. The molecule has 6 nitrogen and oxygen atoms in total. The molecular formula is C17H19N3O3. The van der Waals surface area contributed by atoms with Gasteiger partial charge in [-0.1, -0.05) is 30.3 Å². The summed E-state index contributed by atoms with van der Waals surface area (Å²) in [6.45, 7) is 1.73. The minimum absolute atomic E-state index is 0.102. The minimum atomic E-state index is -0.540. The molecule has 2 aromatic carbocycles. The lowest BCUT2D eigenvalue weighted by molar-refractivity contribution is -0.119. The Morgan fingerprint density at radius 2 is 1.74 bits per heavy atom. The molecule has 0 aromatic heterocycles. The molecule has 0 aliphatic heterocycles. The van der Waals surface area contributed by atoms with Crippen LogP contribution in [-0.4, -0.2) is 18.5 Å². The first-order valence-corrected chi connectivity index (χ1v) is 7.18. The highest BCUT2D eigenvalue weighted by Crippen LogP contribution is 2.16. The maximum atomic E-state index is 12.0. The molecule has 0 bridgehead atoms. The predicted octanol–water partition coefficient (Wildman–Crippen LogP) is 2.43. The summed E-state index contributed by atoms with van der Waals surface area (Å²) in [6.07, 6.45) is 0. The molecule has 6 heteroatoms. The quantitative estimate of drug-likeness (QED) is 0.764. The van der Waals surface area contributed by atoms with Crippen molar-refractivity contribution in [2.24, 2.45) is 5.73 Å². The molecule has 0 aliphatic rings. The maximum absolute atomic E-state index is 12.0. The molecule has 0 aliphatic carbocycles. The number of amides is 3. The number of carbonyl (C=O) groups is 2. The Hall–Kier alpha value is -3.02. The van der Waals surface area contributed by atoms with E-state index < -0.39 is 5.91 Å². The molecular weight excluding hydrogens is 294 g/mol. The summed E-state index contributed by atoms with van der Waals surface area (Å²) < 4.78 is 5.15. The molecule has 0 saturated heterocycles. The van der Waals surface area contributed by atoms with Crippen LogP contribution >= 0.6 is 0 Å². The van der Waals surface area contributed by atoms with E-state index in [9.17, 15) is 9.59 Å². The van der Waals surface area contributed by atoms with Crippen LogP contribution in [0.4, 0.5) is 10.5 Å². The van der Waals surface area contributed by atoms with Crippen LogP contribution < -0.4 is 21.1 Å². The Kier molecular flexibility index (Phi) is 5.57. The zero-order valence-electron chi connectivity index (χ0n) is 12.8. The summed E-state index contributed by atoms with van der Waals surface area (Å²) in [7, 11) is 0. The van der Waals surface area contributed by atoms with Gasteiger partial charge in [-0.2, -0.15) is 0 Å². The van der Waals surface area contributed by atoms with E-state index in [1.165, 1.54) is 0 Å². The number of carbonyl (C=O) groups excluding carboxylic acids is 2. The number of rotatable bonds is 6. The van der Waals surface area contributed by atoms with Gasteiger partial charge in [0.15, 0.2) is 6.61 Å². The molecule has 1 atom stereocenters. The van der Waals surface area contributed by atoms with Crippen molar-refractivity contribution in [2.45, 2.75) is 13.0 Å². The second-order valence-electron chi connectivity index (χ2n) is 5.01. The van der Waals surface area contributed by atoms with Gasteiger partial charge in [0, 0.05) is 5.69 Å². The van der Waals surface area contributed by atoms with Crippen LogP contribution in [-0.2, 0) is 4.79 Å². The molecule has 0 radical (unpaired) electrons. The Labute approximate surface area is 134 Å². The van der Waals surface area contributed by atoms with Gasteiger partial charge in [-0.05, 0) is 36.8 Å². The average molecular weight is 313 g/mol. The van der Waals surface area contributed by atoms with Crippen molar-refractivity contribution in [3.63, 3.8) is 0 Å². The summed E-state index contributed by atoms with van der Waals surface area (Å²) in [5.41, 5.74) is 6.65. The first kappa shape index (κ1) is 16.4. The Balaban J connectivity index is 1.86. The minimum Gasteiger partial charge on any atom is -0.484 e. The van der Waals surface area contributed by atoms with Crippen molar-refractivity contribution >= 4 is 17.6 Å². The van der Waals surface area contributed by atoms with Crippen LogP contribution in [0.25, 0.3) is 0 Å². The van der Waals surface area contributed by atoms with E-state index in [4.69, 9.17) is 10.5 Å². The van der Waals surface area contributed by atoms with Crippen LogP contribution in [0.2, 0.25) is 0 Å². The van der Waals surface area contributed by atoms with Gasteiger partial charge in [0.05, 0.1) is 6.04 Å². The average Bonchev–Trinajstić information content (AvgIpc) is 2.55. The van der Waals surface area contributed by atoms with Crippen molar-refractivity contribution in [3.05, 3.63) is 60.2 Å². The number of hydrogen-bond donors (Lipinski definition) is 3. The summed E-state index contributed by atoms with van der Waals surface area (Å²) in [6, 6.07) is 16.0.